The number of aromatic amines is 1. The molecule has 0 saturated heterocycles. The first-order chi connectivity index (χ1) is 14.1. The number of hydrogen-bond donors (Lipinski definition) is 2. The zero-order chi connectivity index (χ0) is 20.0. The monoisotopic (exact) mass is 406 g/mol. The van der Waals surface area contributed by atoms with Crippen LogP contribution >= 0.6 is 11.3 Å². The average Bonchev–Trinajstić information content (AvgIpc) is 3.29. The van der Waals surface area contributed by atoms with Crippen molar-refractivity contribution in [3.8, 4) is 11.1 Å². The zero-order valence-electron chi connectivity index (χ0n) is 15.3. The number of hydrogen-bond acceptors (Lipinski definition) is 6. The minimum absolute atomic E-state index is 0.213. The van der Waals surface area contributed by atoms with Crippen molar-refractivity contribution in [3.05, 3.63) is 75.7 Å². The Kier molecular flexibility index (Phi) is 4.13. The van der Waals surface area contributed by atoms with Crippen LogP contribution in [0, 0.1) is 12.7 Å². The van der Waals surface area contributed by atoms with Gasteiger partial charge >= 0.3 is 0 Å². The molecule has 144 valence electrons. The Bertz CT molecular complexity index is 1400. The topological polar surface area (TPSA) is 83.8 Å². The number of anilines is 1. The Balaban J connectivity index is 1.43. The predicted octanol–water partition coefficient (Wildman–Crippen LogP) is 4.85. The zero-order valence-corrected chi connectivity index (χ0v) is 16.1. The SMILES string of the molecule is Cc1nc2cc(NCc3nc4scc(-c5ccc(F)cc5)c4c(=O)[nH]3)ccc2o1. The van der Waals surface area contributed by atoms with Gasteiger partial charge in [-0.2, -0.15) is 0 Å². The molecule has 0 amide bonds. The molecule has 8 heteroatoms. The molecule has 0 spiro atoms. The number of H-pyrrole nitrogens is 1. The number of thiophene rings is 1. The summed E-state index contributed by atoms with van der Waals surface area (Å²) in [7, 11) is 0. The van der Waals surface area contributed by atoms with E-state index in [0.29, 0.717) is 28.5 Å². The minimum atomic E-state index is -0.312. The molecule has 5 rings (SSSR count). The van der Waals surface area contributed by atoms with Gasteiger partial charge in [-0.1, -0.05) is 12.1 Å². The fourth-order valence-corrected chi connectivity index (χ4v) is 4.22. The van der Waals surface area contributed by atoms with Crippen LogP contribution in [0.15, 0.2) is 57.1 Å². The summed E-state index contributed by atoms with van der Waals surface area (Å²) >= 11 is 1.39. The fourth-order valence-electron chi connectivity index (χ4n) is 3.26. The van der Waals surface area contributed by atoms with Gasteiger partial charge in [0.25, 0.3) is 5.56 Å². The highest BCUT2D eigenvalue weighted by molar-refractivity contribution is 7.17. The lowest BCUT2D eigenvalue weighted by molar-refractivity contribution is 0.561. The van der Waals surface area contributed by atoms with Crippen LogP contribution in [-0.4, -0.2) is 15.0 Å². The van der Waals surface area contributed by atoms with Gasteiger partial charge in [0.15, 0.2) is 11.5 Å². The number of aryl methyl sites for hydroxylation is 1. The molecule has 0 aliphatic carbocycles. The van der Waals surface area contributed by atoms with Crippen molar-refractivity contribution in [2.75, 3.05) is 5.32 Å². The number of halogens is 1. The van der Waals surface area contributed by atoms with Crippen LogP contribution in [0.3, 0.4) is 0 Å². The summed E-state index contributed by atoms with van der Waals surface area (Å²) in [6, 6.07) is 11.7. The molecule has 0 radical (unpaired) electrons. The Morgan fingerprint density at radius 1 is 1.17 bits per heavy atom. The first kappa shape index (κ1) is 17.6. The van der Waals surface area contributed by atoms with Crippen LogP contribution < -0.4 is 10.9 Å². The molecule has 0 aliphatic heterocycles. The summed E-state index contributed by atoms with van der Waals surface area (Å²) < 4.78 is 18.7. The molecule has 0 saturated carbocycles. The van der Waals surface area contributed by atoms with Crippen LogP contribution in [0.5, 0.6) is 0 Å². The third-order valence-electron chi connectivity index (χ3n) is 4.60. The van der Waals surface area contributed by atoms with Gasteiger partial charge < -0.3 is 14.7 Å². The lowest BCUT2D eigenvalue weighted by atomic mass is 10.1. The van der Waals surface area contributed by atoms with Crippen molar-refractivity contribution in [1.82, 2.24) is 15.0 Å². The maximum absolute atomic E-state index is 13.2. The second kappa shape index (κ2) is 6.82. The highest BCUT2D eigenvalue weighted by Crippen LogP contribution is 2.30. The van der Waals surface area contributed by atoms with E-state index < -0.39 is 0 Å². The first-order valence-electron chi connectivity index (χ1n) is 8.94. The Morgan fingerprint density at radius 2 is 2.00 bits per heavy atom. The third-order valence-corrected chi connectivity index (χ3v) is 5.47. The van der Waals surface area contributed by atoms with Gasteiger partial charge in [-0.3, -0.25) is 4.79 Å². The van der Waals surface area contributed by atoms with Crippen LogP contribution in [0.4, 0.5) is 10.1 Å². The minimum Gasteiger partial charge on any atom is -0.441 e. The molecule has 0 atom stereocenters. The molecule has 0 unspecified atom stereocenters. The number of aromatic nitrogens is 3. The molecule has 5 aromatic rings. The van der Waals surface area contributed by atoms with E-state index in [-0.39, 0.29) is 11.4 Å². The van der Waals surface area contributed by atoms with E-state index in [1.807, 2.05) is 23.6 Å². The third kappa shape index (κ3) is 3.27. The summed E-state index contributed by atoms with van der Waals surface area (Å²) in [5.74, 6) is 0.835. The molecule has 29 heavy (non-hydrogen) atoms. The number of nitrogens with zero attached hydrogens (tertiary/aromatic N) is 2. The summed E-state index contributed by atoms with van der Waals surface area (Å²) in [4.78, 5) is 25.1. The highest BCUT2D eigenvalue weighted by Gasteiger charge is 2.13. The van der Waals surface area contributed by atoms with Gasteiger partial charge in [-0.05, 0) is 35.9 Å². The number of nitrogens with one attached hydrogen (secondary N) is 2. The van der Waals surface area contributed by atoms with Crippen LogP contribution in [0.25, 0.3) is 32.4 Å². The summed E-state index contributed by atoms with van der Waals surface area (Å²) in [5.41, 5.74) is 3.68. The Morgan fingerprint density at radius 3 is 2.83 bits per heavy atom. The van der Waals surface area contributed by atoms with Gasteiger partial charge in [0.05, 0.1) is 11.9 Å². The van der Waals surface area contributed by atoms with Crippen molar-refractivity contribution in [3.63, 3.8) is 0 Å². The van der Waals surface area contributed by atoms with E-state index in [1.165, 1.54) is 23.5 Å². The largest absolute Gasteiger partial charge is 0.441 e. The molecular weight excluding hydrogens is 391 g/mol. The summed E-state index contributed by atoms with van der Waals surface area (Å²) in [6.07, 6.45) is 0. The van der Waals surface area contributed by atoms with Gasteiger partial charge in [-0.25, -0.2) is 14.4 Å². The molecular formula is C21H15FN4O2S. The number of rotatable bonds is 4. The van der Waals surface area contributed by atoms with Crippen molar-refractivity contribution in [2.45, 2.75) is 13.5 Å². The standard InChI is InChI=1S/C21H15FN4O2S/c1-11-24-16-8-14(6-7-17(16)28-11)23-9-18-25-20(27)19-15(10-29-21(19)26-18)12-2-4-13(22)5-3-12/h2-8,10,23H,9H2,1H3,(H,25,26,27). The van der Waals surface area contributed by atoms with Gasteiger partial charge in [0.1, 0.15) is 22.0 Å². The normalized spacial score (nSPS) is 11.4. The molecule has 2 N–H and O–H groups in total. The van der Waals surface area contributed by atoms with E-state index >= 15 is 0 Å². The molecule has 6 nitrogen and oxygen atoms in total. The summed E-state index contributed by atoms with van der Waals surface area (Å²) in [5, 5.41) is 5.64. The molecule has 0 fully saturated rings. The lowest BCUT2D eigenvalue weighted by Crippen LogP contribution is -2.14. The van der Waals surface area contributed by atoms with E-state index in [4.69, 9.17) is 4.42 Å². The molecule has 0 bridgehead atoms. The Hall–Kier alpha value is -3.52. The van der Waals surface area contributed by atoms with E-state index in [2.05, 4.69) is 20.3 Å². The van der Waals surface area contributed by atoms with E-state index in [9.17, 15) is 9.18 Å². The number of benzene rings is 2. The van der Waals surface area contributed by atoms with E-state index in [1.54, 1.807) is 19.1 Å². The molecule has 3 aromatic heterocycles. The number of fused-ring (bicyclic) bond motifs is 2. The maximum atomic E-state index is 13.2. The average molecular weight is 406 g/mol. The molecule has 0 aliphatic rings. The fraction of sp³-hybridized carbons (Fsp3) is 0.0952. The van der Waals surface area contributed by atoms with Crippen molar-refractivity contribution in [2.24, 2.45) is 0 Å². The smallest absolute Gasteiger partial charge is 0.260 e. The van der Waals surface area contributed by atoms with Crippen LogP contribution in [-0.2, 0) is 6.54 Å². The van der Waals surface area contributed by atoms with Gasteiger partial charge in [0.2, 0.25) is 0 Å². The highest BCUT2D eigenvalue weighted by atomic mass is 32.1. The summed E-state index contributed by atoms with van der Waals surface area (Å²) in [6.45, 7) is 2.16. The quantitative estimate of drug-likeness (QED) is 0.446. The maximum Gasteiger partial charge on any atom is 0.260 e. The molecule has 2 aromatic carbocycles. The van der Waals surface area contributed by atoms with Crippen molar-refractivity contribution < 1.29 is 8.81 Å². The van der Waals surface area contributed by atoms with Crippen LogP contribution in [0.2, 0.25) is 0 Å². The second-order valence-electron chi connectivity index (χ2n) is 6.62. The second-order valence-corrected chi connectivity index (χ2v) is 7.48. The lowest BCUT2D eigenvalue weighted by Gasteiger charge is -2.06. The Labute approximate surface area is 168 Å². The van der Waals surface area contributed by atoms with Crippen LogP contribution in [0.1, 0.15) is 11.7 Å². The van der Waals surface area contributed by atoms with E-state index in [0.717, 1.165) is 27.9 Å². The van der Waals surface area contributed by atoms with Crippen molar-refractivity contribution in [1.29, 1.82) is 0 Å². The van der Waals surface area contributed by atoms with Gasteiger partial charge in [0, 0.05) is 23.6 Å². The first-order valence-corrected chi connectivity index (χ1v) is 9.82. The predicted molar refractivity (Wildman–Crippen MR) is 112 cm³/mol. The molecule has 3 heterocycles. The van der Waals surface area contributed by atoms with Gasteiger partial charge in [-0.15, -0.1) is 11.3 Å². The number of oxazole rings is 1. The van der Waals surface area contributed by atoms with Crippen molar-refractivity contribution >= 4 is 38.3 Å².